The SMILES string of the molecule is CN=C(NCC1CCCN(C)C1)NCC(C)(C)c1ccccc1. The second kappa shape index (κ2) is 8.34. The summed E-state index contributed by atoms with van der Waals surface area (Å²) in [6, 6.07) is 10.6. The van der Waals surface area contributed by atoms with Gasteiger partial charge in [-0.1, -0.05) is 44.2 Å². The Bertz CT molecular complexity index is 495. The maximum atomic E-state index is 4.37. The minimum absolute atomic E-state index is 0.0733. The normalized spacial score (nSPS) is 20.3. The van der Waals surface area contributed by atoms with E-state index in [0.29, 0.717) is 0 Å². The number of guanidine groups is 1. The molecule has 4 nitrogen and oxygen atoms in total. The number of hydrogen-bond donors (Lipinski definition) is 2. The van der Waals surface area contributed by atoms with Gasteiger partial charge in [0.15, 0.2) is 5.96 Å². The average Bonchev–Trinajstić information content (AvgIpc) is 2.56. The molecule has 2 rings (SSSR count). The fraction of sp³-hybridized carbons (Fsp3) is 0.632. The van der Waals surface area contributed by atoms with Crippen LogP contribution in [0, 0.1) is 5.92 Å². The number of hydrogen-bond acceptors (Lipinski definition) is 2. The van der Waals surface area contributed by atoms with Gasteiger partial charge in [0, 0.05) is 32.1 Å². The van der Waals surface area contributed by atoms with Gasteiger partial charge in [0.25, 0.3) is 0 Å². The van der Waals surface area contributed by atoms with E-state index in [1.54, 1.807) is 0 Å². The number of aliphatic imine (C=N–C) groups is 1. The van der Waals surface area contributed by atoms with E-state index in [-0.39, 0.29) is 5.41 Å². The van der Waals surface area contributed by atoms with Crippen molar-refractivity contribution in [3.63, 3.8) is 0 Å². The molecule has 0 aliphatic carbocycles. The summed E-state index contributed by atoms with van der Waals surface area (Å²) in [5.41, 5.74) is 1.42. The molecule has 2 N–H and O–H groups in total. The molecular weight excluding hydrogens is 284 g/mol. The predicted molar refractivity (Wildman–Crippen MR) is 99.1 cm³/mol. The molecule has 1 fully saturated rings. The number of nitrogens with one attached hydrogen (secondary N) is 2. The summed E-state index contributed by atoms with van der Waals surface area (Å²) >= 11 is 0. The van der Waals surface area contributed by atoms with Gasteiger partial charge in [0.1, 0.15) is 0 Å². The molecule has 0 amide bonds. The third-order valence-electron chi connectivity index (χ3n) is 4.76. The Labute approximate surface area is 141 Å². The van der Waals surface area contributed by atoms with Crippen LogP contribution in [0.1, 0.15) is 32.3 Å². The van der Waals surface area contributed by atoms with Crippen LogP contribution in [0.2, 0.25) is 0 Å². The second-order valence-electron chi connectivity index (χ2n) is 7.33. The van der Waals surface area contributed by atoms with Crippen molar-refractivity contribution in [1.82, 2.24) is 15.5 Å². The van der Waals surface area contributed by atoms with Gasteiger partial charge < -0.3 is 15.5 Å². The zero-order valence-corrected chi connectivity index (χ0v) is 15.1. The largest absolute Gasteiger partial charge is 0.356 e. The van der Waals surface area contributed by atoms with E-state index in [2.05, 4.69) is 71.8 Å². The topological polar surface area (TPSA) is 39.7 Å². The summed E-state index contributed by atoms with van der Waals surface area (Å²) in [6.45, 7) is 8.79. The van der Waals surface area contributed by atoms with E-state index in [9.17, 15) is 0 Å². The first-order chi connectivity index (χ1) is 11.0. The first-order valence-electron chi connectivity index (χ1n) is 8.70. The smallest absolute Gasteiger partial charge is 0.191 e. The van der Waals surface area contributed by atoms with E-state index in [4.69, 9.17) is 0 Å². The maximum Gasteiger partial charge on any atom is 0.191 e. The maximum absolute atomic E-state index is 4.37. The second-order valence-corrected chi connectivity index (χ2v) is 7.33. The molecular formula is C19H32N4. The molecule has 1 aliphatic rings. The van der Waals surface area contributed by atoms with E-state index in [0.717, 1.165) is 25.0 Å². The molecule has 1 aliphatic heterocycles. The highest BCUT2D eigenvalue weighted by atomic mass is 15.2. The van der Waals surface area contributed by atoms with Gasteiger partial charge in [-0.15, -0.1) is 0 Å². The highest BCUT2D eigenvalue weighted by Gasteiger charge is 2.21. The highest BCUT2D eigenvalue weighted by Crippen LogP contribution is 2.21. The Morgan fingerprint density at radius 3 is 2.65 bits per heavy atom. The van der Waals surface area contributed by atoms with Crippen LogP contribution in [0.15, 0.2) is 35.3 Å². The molecule has 0 spiro atoms. The molecule has 4 heteroatoms. The zero-order valence-electron chi connectivity index (χ0n) is 15.1. The van der Waals surface area contributed by atoms with Crippen molar-refractivity contribution in [1.29, 1.82) is 0 Å². The van der Waals surface area contributed by atoms with Crippen molar-refractivity contribution in [2.75, 3.05) is 40.3 Å². The molecule has 1 aromatic rings. The molecule has 1 aromatic carbocycles. The molecule has 0 radical (unpaired) electrons. The van der Waals surface area contributed by atoms with Crippen molar-refractivity contribution < 1.29 is 0 Å². The van der Waals surface area contributed by atoms with E-state index in [1.165, 1.54) is 31.5 Å². The first-order valence-corrected chi connectivity index (χ1v) is 8.70. The van der Waals surface area contributed by atoms with Crippen LogP contribution in [-0.4, -0.2) is 51.1 Å². The minimum Gasteiger partial charge on any atom is -0.356 e. The molecule has 0 bridgehead atoms. The van der Waals surface area contributed by atoms with Gasteiger partial charge in [-0.05, 0) is 37.9 Å². The van der Waals surface area contributed by atoms with E-state index in [1.807, 2.05) is 7.05 Å². The van der Waals surface area contributed by atoms with Gasteiger partial charge >= 0.3 is 0 Å². The number of rotatable bonds is 5. The molecule has 23 heavy (non-hydrogen) atoms. The van der Waals surface area contributed by atoms with Crippen LogP contribution in [0.25, 0.3) is 0 Å². The van der Waals surface area contributed by atoms with Gasteiger partial charge in [0.05, 0.1) is 0 Å². The predicted octanol–water partition coefficient (Wildman–Crippen LogP) is 2.47. The molecule has 1 unspecified atom stereocenters. The summed E-state index contributed by atoms with van der Waals surface area (Å²) in [5.74, 6) is 1.62. The van der Waals surface area contributed by atoms with Gasteiger partial charge in [0.2, 0.25) is 0 Å². The summed E-state index contributed by atoms with van der Waals surface area (Å²) in [6.07, 6.45) is 2.61. The summed E-state index contributed by atoms with van der Waals surface area (Å²) in [7, 11) is 4.06. The van der Waals surface area contributed by atoms with Crippen molar-refractivity contribution >= 4 is 5.96 Å². The third-order valence-corrected chi connectivity index (χ3v) is 4.76. The molecule has 128 valence electrons. The van der Waals surface area contributed by atoms with E-state index < -0.39 is 0 Å². The van der Waals surface area contributed by atoms with Crippen molar-refractivity contribution in [2.24, 2.45) is 10.9 Å². The van der Waals surface area contributed by atoms with Crippen molar-refractivity contribution in [2.45, 2.75) is 32.1 Å². The molecule has 1 heterocycles. The number of benzene rings is 1. The van der Waals surface area contributed by atoms with Crippen LogP contribution >= 0.6 is 0 Å². The minimum atomic E-state index is 0.0733. The Hall–Kier alpha value is -1.55. The highest BCUT2D eigenvalue weighted by molar-refractivity contribution is 5.79. The van der Waals surface area contributed by atoms with Crippen LogP contribution in [-0.2, 0) is 5.41 Å². The molecule has 0 aromatic heterocycles. The average molecular weight is 316 g/mol. The Kier molecular flexibility index (Phi) is 6.46. The number of piperidine rings is 1. The number of nitrogens with zero attached hydrogens (tertiary/aromatic N) is 2. The van der Waals surface area contributed by atoms with Crippen LogP contribution in [0.3, 0.4) is 0 Å². The van der Waals surface area contributed by atoms with Crippen LogP contribution < -0.4 is 10.6 Å². The summed E-state index contributed by atoms with van der Waals surface area (Å²) < 4.78 is 0. The molecule has 1 saturated heterocycles. The van der Waals surface area contributed by atoms with E-state index >= 15 is 0 Å². The molecule has 1 atom stereocenters. The fourth-order valence-corrected chi connectivity index (χ4v) is 3.20. The Morgan fingerprint density at radius 2 is 2.00 bits per heavy atom. The van der Waals surface area contributed by atoms with Crippen LogP contribution in [0.4, 0.5) is 0 Å². The monoisotopic (exact) mass is 316 g/mol. The zero-order chi connectivity index (χ0) is 16.7. The standard InChI is InChI=1S/C19H32N4/c1-19(2,17-10-6-5-7-11-17)15-22-18(20-3)21-13-16-9-8-12-23(4)14-16/h5-7,10-11,16H,8-9,12-15H2,1-4H3,(H2,20,21,22). The fourth-order valence-electron chi connectivity index (χ4n) is 3.20. The first kappa shape index (κ1) is 17.8. The Morgan fingerprint density at radius 1 is 1.26 bits per heavy atom. The lowest BCUT2D eigenvalue weighted by Gasteiger charge is -2.31. The van der Waals surface area contributed by atoms with Crippen molar-refractivity contribution in [3.05, 3.63) is 35.9 Å². The van der Waals surface area contributed by atoms with Gasteiger partial charge in [-0.2, -0.15) is 0 Å². The van der Waals surface area contributed by atoms with Gasteiger partial charge in [-0.25, -0.2) is 0 Å². The lowest BCUT2D eigenvalue weighted by molar-refractivity contribution is 0.210. The lowest BCUT2D eigenvalue weighted by Crippen LogP contribution is -2.46. The lowest BCUT2D eigenvalue weighted by atomic mass is 9.85. The summed E-state index contributed by atoms with van der Waals surface area (Å²) in [5, 5.41) is 6.98. The van der Waals surface area contributed by atoms with Crippen LogP contribution in [0.5, 0.6) is 0 Å². The Balaban J connectivity index is 1.81. The quantitative estimate of drug-likeness (QED) is 0.647. The van der Waals surface area contributed by atoms with Gasteiger partial charge in [-0.3, -0.25) is 4.99 Å². The number of likely N-dealkylation sites (tertiary alicyclic amines) is 1. The summed E-state index contributed by atoms with van der Waals surface area (Å²) in [4.78, 5) is 6.79. The van der Waals surface area contributed by atoms with Crippen molar-refractivity contribution in [3.8, 4) is 0 Å². The third kappa shape index (κ3) is 5.54. The molecule has 0 saturated carbocycles.